The smallest absolute Gasteiger partial charge is 0.110 e. The van der Waals surface area contributed by atoms with Gasteiger partial charge in [-0.2, -0.15) is 0 Å². The van der Waals surface area contributed by atoms with Crippen LogP contribution in [0.25, 0.3) is 0 Å². The van der Waals surface area contributed by atoms with E-state index in [2.05, 4.69) is 54.3 Å². The van der Waals surface area contributed by atoms with Gasteiger partial charge in [0, 0.05) is 11.6 Å². The van der Waals surface area contributed by atoms with Gasteiger partial charge in [0.25, 0.3) is 0 Å². The van der Waals surface area contributed by atoms with Gasteiger partial charge >= 0.3 is 0 Å². The Morgan fingerprint density at radius 3 is 2.56 bits per heavy atom. The largest absolute Gasteiger partial charge is 0.300 e. The fraction of sp³-hybridized carbons (Fsp3) is 0.308. The Balaban J connectivity index is 2.16. The van der Waals surface area contributed by atoms with Crippen LogP contribution in [0.15, 0.2) is 41.9 Å². The number of rotatable bonds is 4. The van der Waals surface area contributed by atoms with E-state index < -0.39 is 0 Å². The summed E-state index contributed by atoms with van der Waals surface area (Å²) in [7, 11) is 4.21. The van der Waals surface area contributed by atoms with Crippen LogP contribution in [0, 0.1) is 0 Å². The van der Waals surface area contributed by atoms with Crippen molar-refractivity contribution in [1.29, 1.82) is 0 Å². The van der Waals surface area contributed by atoms with Gasteiger partial charge in [-0.15, -0.1) is 11.3 Å². The lowest BCUT2D eigenvalue weighted by Crippen LogP contribution is -2.21. The zero-order valence-electron chi connectivity index (χ0n) is 9.63. The average Bonchev–Trinajstić information content (AvgIpc) is 2.80. The molecular weight excluding hydrogens is 216 g/mol. The summed E-state index contributed by atoms with van der Waals surface area (Å²) in [6.45, 7) is 0. The van der Waals surface area contributed by atoms with Crippen molar-refractivity contribution in [2.75, 3.05) is 14.1 Å². The van der Waals surface area contributed by atoms with Crippen LogP contribution in [0.2, 0.25) is 0 Å². The van der Waals surface area contributed by atoms with E-state index in [4.69, 9.17) is 0 Å². The fourth-order valence-corrected chi connectivity index (χ4v) is 2.56. The van der Waals surface area contributed by atoms with Crippen LogP contribution in [0.4, 0.5) is 0 Å². The first-order valence-electron chi connectivity index (χ1n) is 5.37. The molecule has 1 atom stereocenters. The maximum atomic E-state index is 4.41. The zero-order valence-corrected chi connectivity index (χ0v) is 10.4. The Labute approximate surface area is 101 Å². The summed E-state index contributed by atoms with van der Waals surface area (Å²) in [5, 5.41) is 3.23. The van der Waals surface area contributed by atoms with E-state index in [1.807, 2.05) is 11.6 Å². The van der Waals surface area contributed by atoms with Gasteiger partial charge in [0.15, 0.2) is 0 Å². The van der Waals surface area contributed by atoms with Gasteiger partial charge in [-0.25, -0.2) is 4.98 Å². The van der Waals surface area contributed by atoms with Gasteiger partial charge in [-0.1, -0.05) is 30.3 Å². The summed E-state index contributed by atoms with van der Waals surface area (Å²) in [5.41, 5.74) is 1.36. The second-order valence-corrected chi connectivity index (χ2v) is 4.97. The van der Waals surface area contributed by atoms with Crippen LogP contribution in [0.5, 0.6) is 0 Å². The maximum Gasteiger partial charge on any atom is 0.110 e. The molecule has 0 N–H and O–H groups in total. The summed E-state index contributed by atoms with van der Waals surface area (Å²) in [5.74, 6) is 0. The third kappa shape index (κ3) is 2.68. The molecule has 1 aromatic heterocycles. The normalized spacial score (nSPS) is 12.9. The number of hydrogen-bond acceptors (Lipinski definition) is 3. The Morgan fingerprint density at radius 1 is 1.25 bits per heavy atom. The van der Waals surface area contributed by atoms with Gasteiger partial charge in [-0.05, 0) is 26.1 Å². The highest BCUT2D eigenvalue weighted by Crippen LogP contribution is 2.24. The Kier molecular flexibility index (Phi) is 3.70. The molecule has 16 heavy (non-hydrogen) atoms. The summed E-state index contributed by atoms with van der Waals surface area (Å²) in [6, 6.07) is 10.9. The quantitative estimate of drug-likeness (QED) is 0.805. The molecule has 1 aromatic carbocycles. The van der Waals surface area contributed by atoms with Crippen molar-refractivity contribution in [2.45, 2.75) is 12.5 Å². The molecule has 84 valence electrons. The second kappa shape index (κ2) is 5.23. The van der Waals surface area contributed by atoms with E-state index in [1.54, 1.807) is 11.3 Å². The molecule has 0 amide bonds. The third-order valence-corrected chi connectivity index (χ3v) is 3.51. The first kappa shape index (κ1) is 11.3. The van der Waals surface area contributed by atoms with Crippen molar-refractivity contribution < 1.29 is 0 Å². The van der Waals surface area contributed by atoms with Crippen LogP contribution in [-0.2, 0) is 6.42 Å². The van der Waals surface area contributed by atoms with E-state index in [1.165, 1.54) is 10.6 Å². The molecular formula is C13H16N2S. The summed E-state index contributed by atoms with van der Waals surface area (Å²) in [4.78, 5) is 6.64. The van der Waals surface area contributed by atoms with Crippen molar-refractivity contribution in [3.8, 4) is 0 Å². The van der Waals surface area contributed by atoms with Gasteiger partial charge < -0.3 is 0 Å². The lowest BCUT2D eigenvalue weighted by atomic mass is 10.1. The molecule has 0 saturated carbocycles. The fourth-order valence-electron chi connectivity index (χ4n) is 1.73. The van der Waals surface area contributed by atoms with Crippen LogP contribution in [-0.4, -0.2) is 24.0 Å². The topological polar surface area (TPSA) is 16.1 Å². The van der Waals surface area contributed by atoms with Gasteiger partial charge in [-0.3, -0.25) is 4.90 Å². The van der Waals surface area contributed by atoms with Gasteiger partial charge in [0.2, 0.25) is 0 Å². The van der Waals surface area contributed by atoms with Crippen LogP contribution < -0.4 is 0 Å². The third-order valence-electron chi connectivity index (χ3n) is 2.63. The standard InChI is InChI=1S/C13H16N2S/c1-15(2)12(13-14-8-9-16-13)10-11-6-4-3-5-7-11/h3-9,12H,10H2,1-2H3. The summed E-state index contributed by atoms with van der Waals surface area (Å²) in [6.07, 6.45) is 2.89. The molecule has 2 nitrogen and oxygen atoms in total. The number of hydrogen-bond donors (Lipinski definition) is 0. The Morgan fingerprint density at radius 2 is 2.00 bits per heavy atom. The number of aromatic nitrogens is 1. The van der Waals surface area contributed by atoms with Crippen LogP contribution >= 0.6 is 11.3 Å². The highest BCUT2D eigenvalue weighted by Gasteiger charge is 2.16. The van der Waals surface area contributed by atoms with Crippen molar-refractivity contribution in [2.24, 2.45) is 0 Å². The molecule has 3 heteroatoms. The molecule has 0 saturated heterocycles. The van der Waals surface area contributed by atoms with E-state index in [0.29, 0.717) is 6.04 Å². The number of benzene rings is 1. The minimum absolute atomic E-state index is 0.377. The van der Waals surface area contributed by atoms with E-state index in [-0.39, 0.29) is 0 Å². The minimum atomic E-state index is 0.377. The van der Waals surface area contributed by atoms with Crippen molar-refractivity contribution in [1.82, 2.24) is 9.88 Å². The second-order valence-electron chi connectivity index (χ2n) is 4.04. The number of nitrogens with zero attached hydrogens (tertiary/aromatic N) is 2. The van der Waals surface area contributed by atoms with Crippen LogP contribution in [0.1, 0.15) is 16.6 Å². The molecule has 0 aliphatic heterocycles. The predicted octanol–water partition coefficient (Wildman–Crippen LogP) is 2.99. The van der Waals surface area contributed by atoms with Gasteiger partial charge in [0.1, 0.15) is 5.01 Å². The molecule has 1 heterocycles. The molecule has 0 fully saturated rings. The first-order chi connectivity index (χ1) is 7.77. The Bertz CT molecular complexity index is 409. The first-order valence-corrected chi connectivity index (χ1v) is 6.25. The minimum Gasteiger partial charge on any atom is -0.300 e. The predicted molar refractivity (Wildman–Crippen MR) is 68.7 cm³/mol. The van der Waals surface area contributed by atoms with Gasteiger partial charge in [0.05, 0.1) is 6.04 Å². The Hall–Kier alpha value is -1.19. The molecule has 1 unspecified atom stereocenters. The molecule has 2 rings (SSSR count). The van der Waals surface area contributed by atoms with Crippen molar-refractivity contribution in [3.05, 3.63) is 52.5 Å². The highest BCUT2D eigenvalue weighted by molar-refractivity contribution is 7.09. The van der Waals surface area contributed by atoms with Crippen molar-refractivity contribution in [3.63, 3.8) is 0 Å². The molecule has 2 aromatic rings. The molecule has 0 aliphatic rings. The van der Waals surface area contributed by atoms with E-state index >= 15 is 0 Å². The van der Waals surface area contributed by atoms with E-state index in [9.17, 15) is 0 Å². The monoisotopic (exact) mass is 232 g/mol. The highest BCUT2D eigenvalue weighted by atomic mass is 32.1. The lowest BCUT2D eigenvalue weighted by Gasteiger charge is -2.22. The summed E-state index contributed by atoms with van der Waals surface area (Å²) < 4.78 is 0. The summed E-state index contributed by atoms with van der Waals surface area (Å²) >= 11 is 1.73. The van der Waals surface area contributed by atoms with Crippen LogP contribution in [0.3, 0.4) is 0 Å². The zero-order chi connectivity index (χ0) is 11.4. The molecule has 0 spiro atoms. The number of likely N-dealkylation sites (N-methyl/N-ethyl adjacent to an activating group) is 1. The number of thiazole rings is 1. The molecule has 0 aliphatic carbocycles. The molecule has 0 bridgehead atoms. The SMILES string of the molecule is CN(C)C(Cc1ccccc1)c1nccs1. The average molecular weight is 232 g/mol. The molecule has 0 radical (unpaired) electrons. The lowest BCUT2D eigenvalue weighted by molar-refractivity contribution is 0.297. The van der Waals surface area contributed by atoms with Crippen molar-refractivity contribution >= 4 is 11.3 Å². The maximum absolute atomic E-state index is 4.41. The van der Waals surface area contributed by atoms with E-state index in [0.717, 1.165) is 6.42 Å².